The number of hydrazine groups is 2. The van der Waals surface area contributed by atoms with E-state index in [0.717, 1.165) is 16.7 Å². The van der Waals surface area contributed by atoms with Gasteiger partial charge in [0, 0.05) is 13.1 Å². The van der Waals surface area contributed by atoms with Crippen molar-refractivity contribution in [3.8, 4) is 0 Å². The minimum atomic E-state index is -2.57. The zero-order valence-electron chi connectivity index (χ0n) is 15.9. The normalized spacial score (nSPS) is 38.4. The molecule has 3 fully saturated rings. The lowest BCUT2D eigenvalue weighted by atomic mass is 10.2. The van der Waals surface area contributed by atoms with Crippen LogP contribution >= 0.6 is 0 Å². The van der Waals surface area contributed by atoms with Crippen molar-refractivity contribution in [1.82, 2.24) is 29.8 Å². The van der Waals surface area contributed by atoms with E-state index in [1.54, 1.807) is 0 Å². The molecule has 29 heavy (non-hydrogen) atoms. The molecule has 0 aliphatic carbocycles. The van der Waals surface area contributed by atoms with Crippen molar-refractivity contribution in [1.29, 1.82) is 0 Å². The van der Waals surface area contributed by atoms with Crippen molar-refractivity contribution in [3.05, 3.63) is 0 Å². The molecule has 6 unspecified atom stereocenters. The average Bonchev–Trinajstić information content (AvgIpc) is 3.07. The monoisotopic (exact) mass is 420 g/mol. The standard InChI is InChI=1S/C14H24N6O9/c1-4-15-6(21)8(23)17(11(15)26)19-10(25)14(3,29)20(13(19)28)18-9(24)7(22)16(5-2)12(18)27/h6-10,21-25,29H,4-5H2,1-3H3. The topological polar surface area (TPSA) is 192 Å². The van der Waals surface area contributed by atoms with Crippen LogP contribution < -0.4 is 0 Å². The Balaban J connectivity index is 2.00. The number of carbonyl (C=O) groups is 3. The minimum Gasteiger partial charge on any atom is -0.369 e. The van der Waals surface area contributed by atoms with Gasteiger partial charge in [0.05, 0.1) is 0 Å². The molecule has 15 heteroatoms. The van der Waals surface area contributed by atoms with Gasteiger partial charge in [-0.25, -0.2) is 14.4 Å². The third-order valence-electron chi connectivity index (χ3n) is 5.21. The van der Waals surface area contributed by atoms with Crippen molar-refractivity contribution < 1.29 is 45.0 Å². The summed E-state index contributed by atoms with van der Waals surface area (Å²) in [6.07, 6.45) is -9.57. The number of likely N-dealkylation sites (N-methyl/N-ethyl adjacent to an activating group) is 2. The molecule has 0 radical (unpaired) electrons. The Hall–Kier alpha value is -2.43. The fraction of sp³-hybridized carbons (Fsp3) is 0.786. The van der Waals surface area contributed by atoms with E-state index in [4.69, 9.17) is 0 Å². The lowest BCUT2D eigenvalue weighted by molar-refractivity contribution is -0.233. The molecule has 6 amide bonds. The molecule has 3 heterocycles. The SMILES string of the molecule is CCN1C(=O)N(N2C(=O)N(N3C(=O)N(CC)C(O)C3O)C(C)(O)C2O)C(O)C1O. The van der Waals surface area contributed by atoms with E-state index in [-0.39, 0.29) is 23.1 Å². The summed E-state index contributed by atoms with van der Waals surface area (Å²) in [5.74, 6) is 0. The maximum absolute atomic E-state index is 13.0. The van der Waals surface area contributed by atoms with Gasteiger partial charge in [0.15, 0.2) is 24.9 Å². The van der Waals surface area contributed by atoms with Crippen LogP contribution in [0.4, 0.5) is 14.4 Å². The van der Waals surface area contributed by atoms with Gasteiger partial charge in [-0.1, -0.05) is 0 Å². The summed E-state index contributed by atoms with van der Waals surface area (Å²) in [7, 11) is 0. The first-order valence-corrected chi connectivity index (χ1v) is 8.89. The first-order chi connectivity index (χ1) is 13.4. The largest absolute Gasteiger partial charge is 0.369 e. The predicted molar refractivity (Wildman–Crippen MR) is 89.0 cm³/mol. The van der Waals surface area contributed by atoms with Gasteiger partial charge in [-0.3, -0.25) is 9.80 Å². The Morgan fingerprint density at radius 1 is 0.724 bits per heavy atom. The molecule has 3 saturated heterocycles. The highest BCUT2D eigenvalue weighted by molar-refractivity contribution is 5.87. The van der Waals surface area contributed by atoms with Crippen LogP contribution in [0.2, 0.25) is 0 Å². The van der Waals surface area contributed by atoms with E-state index in [1.807, 2.05) is 0 Å². The first-order valence-electron chi connectivity index (χ1n) is 8.89. The summed E-state index contributed by atoms with van der Waals surface area (Å²) in [6.45, 7) is 3.86. The molecule has 0 spiro atoms. The van der Waals surface area contributed by atoms with Crippen LogP contribution in [0.15, 0.2) is 0 Å². The summed E-state index contributed by atoms with van der Waals surface area (Å²) in [6, 6.07) is -3.45. The van der Waals surface area contributed by atoms with E-state index in [1.165, 1.54) is 13.8 Å². The highest BCUT2D eigenvalue weighted by Crippen LogP contribution is 2.38. The Morgan fingerprint density at radius 2 is 1.14 bits per heavy atom. The number of nitrogens with zero attached hydrogens (tertiary/aromatic N) is 6. The van der Waals surface area contributed by atoms with Gasteiger partial charge < -0.3 is 30.6 Å². The van der Waals surface area contributed by atoms with Crippen LogP contribution in [0.25, 0.3) is 0 Å². The quantitative estimate of drug-likeness (QED) is 0.266. The number of hydrogen-bond donors (Lipinski definition) is 6. The van der Waals surface area contributed by atoms with Crippen LogP contribution in [0.5, 0.6) is 0 Å². The third kappa shape index (κ3) is 2.62. The number of aliphatic hydroxyl groups excluding tert-OH is 5. The number of amides is 6. The van der Waals surface area contributed by atoms with Crippen LogP contribution in [-0.2, 0) is 0 Å². The van der Waals surface area contributed by atoms with Crippen molar-refractivity contribution in [2.24, 2.45) is 0 Å². The molecule has 3 rings (SSSR count). The lowest BCUT2D eigenvalue weighted by Crippen LogP contribution is -2.60. The minimum absolute atomic E-state index is 0.0350. The van der Waals surface area contributed by atoms with Gasteiger partial charge in [0.2, 0.25) is 12.0 Å². The molecule has 0 aromatic heterocycles. The summed E-state index contributed by atoms with van der Waals surface area (Å²) in [4.78, 5) is 39.7. The van der Waals surface area contributed by atoms with Crippen LogP contribution in [0.3, 0.4) is 0 Å². The van der Waals surface area contributed by atoms with E-state index in [2.05, 4.69) is 0 Å². The van der Waals surface area contributed by atoms with Crippen LogP contribution in [-0.4, -0.2) is 129 Å². The number of urea groups is 3. The van der Waals surface area contributed by atoms with Gasteiger partial charge in [-0.15, -0.1) is 0 Å². The molecular weight excluding hydrogens is 396 g/mol. The Morgan fingerprint density at radius 3 is 1.55 bits per heavy atom. The van der Waals surface area contributed by atoms with Crippen LogP contribution in [0, 0.1) is 0 Å². The summed E-state index contributed by atoms with van der Waals surface area (Å²) in [5.41, 5.74) is -2.57. The second-order valence-electron chi connectivity index (χ2n) is 6.89. The number of carbonyl (C=O) groups excluding carboxylic acids is 3. The van der Waals surface area contributed by atoms with E-state index in [0.29, 0.717) is 10.0 Å². The molecule has 15 nitrogen and oxygen atoms in total. The molecule has 6 N–H and O–H groups in total. The second kappa shape index (κ2) is 6.82. The molecule has 6 atom stereocenters. The molecule has 0 aromatic carbocycles. The van der Waals surface area contributed by atoms with Gasteiger partial charge in [0.25, 0.3) is 0 Å². The van der Waals surface area contributed by atoms with Gasteiger partial charge >= 0.3 is 18.1 Å². The summed E-state index contributed by atoms with van der Waals surface area (Å²) in [5, 5.41) is 63.0. The molecule has 3 aliphatic heterocycles. The third-order valence-corrected chi connectivity index (χ3v) is 5.21. The number of aliphatic hydroxyl groups is 6. The van der Waals surface area contributed by atoms with Crippen molar-refractivity contribution >= 4 is 18.1 Å². The molecule has 0 aromatic rings. The summed E-state index contributed by atoms with van der Waals surface area (Å²) >= 11 is 0. The van der Waals surface area contributed by atoms with Crippen LogP contribution in [0.1, 0.15) is 20.8 Å². The van der Waals surface area contributed by atoms with Gasteiger partial charge in [-0.05, 0) is 20.8 Å². The zero-order chi connectivity index (χ0) is 22.0. The molecule has 164 valence electrons. The highest BCUT2D eigenvalue weighted by Gasteiger charge is 2.65. The maximum atomic E-state index is 13.0. The average molecular weight is 420 g/mol. The molecule has 0 saturated carbocycles. The summed E-state index contributed by atoms with van der Waals surface area (Å²) < 4.78 is 0. The smallest absolute Gasteiger partial charge is 0.363 e. The molecular formula is C14H24N6O9. The second-order valence-corrected chi connectivity index (χ2v) is 6.89. The first kappa shape index (κ1) is 21.3. The van der Waals surface area contributed by atoms with E-state index >= 15 is 0 Å². The van der Waals surface area contributed by atoms with Crippen molar-refractivity contribution in [2.75, 3.05) is 13.1 Å². The fourth-order valence-corrected chi connectivity index (χ4v) is 3.62. The van der Waals surface area contributed by atoms with Gasteiger partial charge in [0.1, 0.15) is 0 Å². The Kier molecular flexibility index (Phi) is 5.01. The van der Waals surface area contributed by atoms with E-state index < -0.39 is 55.0 Å². The molecule has 3 aliphatic rings. The highest BCUT2D eigenvalue weighted by atomic mass is 16.4. The Labute approximate surface area is 164 Å². The Bertz CT molecular complexity index is 722. The van der Waals surface area contributed by atoms with Crippen molar-refractivity contribution in [3.63, 3.8) is 0 Å². The van der Waals surface area contributed by atoms with Gasteiger partial charge in [-0.2, -0.15) is 20.0 Å². The maximum Gasteiger partial charge on any atom is 0.363 e. The van der Waals surface area contributed by atoms with Crippen molar-refractivity contribution in [2.45, 2.75) is 57.6 Å². The fourth-order valence-electron chi connectivity index (χ4n) is 3.62. The lowest BCUT2D eigenvalue weighted by Gasteiger charge is -2.36. The molecule has 0 bridgehead atoms. The number of hydrogen-bond acceptors (Lipinski definition) is 9. The zero-order valence-corrected chi connectivity index (χ0v) is 15.9. The predicted octanol–water partition coefficient (Wildman–Crippen LogP) is -3.63. The van der Waals surface area contributed by atoms with E-state index in [9.17, 15) is 45.0 Å². The number of rotatable bonds is 4.